The number of ether oxygens (including phenoxy) is 1. The fourth-order valence-corrected chi connectivity index (χ4v) is 3.89. The molecule has 1 N–H and O–H groups in total. The van der Waals surface area contributed by atoms with Crippen molar-refractivity contribution in [3.8, 4) is 5.75 Å². The molecule has 0 bridgehead atoms. The first-order valence-corrected chi connectivity index (χ1v) is 8.89. The smallest absolute Gasteiger partial charge is 0.347 e. The minimum atomic E-state index is -0.577. The zero-order chi connectivity index (χ0) is 17.2. The maximum Gasteiger partial charge on any atom is 0.347 e. The highest BCUT2D eigenvalue weighted by Crippen LogP contribution is 2.28. The van der Waals surface area contributed by atoms with Crippen molar-refractivity contribution in [1.82, 2.24) is 14.5 Å². The zero-order valence-corrected chi connectivity index (χ0v) is 14.1. The largest absolute Gasteiger partial charge is 0.489 e. The second kappa shape index (κ2) is 6.98. The number of aliphatic hydroxyl groups is 1. The number of aryl methyl sites for hydroxylation is 1. The Morgan fingerprint density at radius 1 is 1.24 bits per heavy atom. The SMILES string of the molecule is O=c1ncccn1C1CCN(CC2CCc3ccccc3O2)CC1O. The number of nitrogens with zero attached hydrogens (tertiary/aromatic N) is 3. The molecule has 132 valence electrons. The number of hydrogen-bond acceptors (Lipinski definition) is 5. The van der Waals surface area contributed by atoms with Crippen LogP contribution in [0, 0.1) is 0 Å². The van der Waals surface area contributed by atoms with Crippen LogP contribution < -0.4 is 10.4 Å². The van der Waals surface area contributed by atoms with E-state index in [2.05, 4.69) is 16.0 Å². The normalized spacial score (nSPS) is 26.7. The Balaban J connectivity index is 1.37. The van der Waals surface area contributed by atoms with Crippen molar-refractivity contribution < 1.29 is 9.84 Å². The summed E-state index contributed by atoms with van der Waals surface area (Å²) in [5.74, 6) is 0.982. The molecule has 6 heteroatoms. The molecule has 1 saturated heterocycles. The average molecular weight is 341 g/mol. The molecule has 1 aromatic carbocycles. The van der Waals surface area contributed by atoms with Crippen molar-refractivity contribution in [1.29, 1.82) is 0 Å². The molecule has 2 aromatic rings. The van der Waals surface area contributed by atoms with Crippen molar-refractivity contribution >= 4 is 0 Å². The van der Waals surface area contributed by atoms with Gasteiger partial charge in [-0.15, -0.1) is 0 Å². The van der Waals surface area contributed by atoms with Crippen LogP contribution in [0.25, 0.3) is 0 Å². The van der Waals surface area contributed by atoms with Gasteiger partial charge < -0.3 is 9.84 Å². The molecule has 2 aliphatic heterocycles. The monoisotopic (exact) mass is 341 g/mol. The van der Waals surface area contributed by atoms with Crippen LogP contribution in [0.3, 0.4) is 0 Å². The van der Waals surface area contributed by atoms with Crippen LogP contribution >= 0.6 is 0 Å². The van der Waals surface area contributed by atoms with E-state index in [1.54, 1.807) is 16.8 Å². The number of fused-ring (bicyclic) bond motifs is 1. The van der Waals surface area contributed by atoms with Gasteiger partial charge in [-0.3, -0.25) is 9.47 Å². The van der Waals surface area contributed by atoms with Gasteiger partial charge in [0.15, 0.2) is 0 Å². The molecule has 0 saturated carbocycles. The molecule has 4 rings (SSSR count). The Morgan fingerprint density at radius 2 is 2.12 bits per heavy atom. The van der Waals surface area contributed by atoms with E-state index in [4.69, 9.17) is 4.74 Å². The highest BCUT2D eigenvalue weighted by atomic mass is 16.5. The molecule has 6 nitrogen and oxygen atoms in total. The second-order valence-corrected chi connectivity index (χ2v) is 6.88. The molecule has 25 heavy (non-hydrogen) atoms. The first-order valence-electron chi connectivity index (χ1n) is 8.89. The summed E-state index contributed by atoms with van der Waals surface area (Å²) in [5, 5.41) is 10.5. The van der Waals surface area contributed by atoms with E-state index < -0.39 is 6.10 Å². The molecule has 0 aliphatic carbocycles. The van der Waals surface area contributed by atoms with Crippen molar-refractivity contribution in [2.45, 2.75) is 37.5 Å². The molecule has 2 aliphatic rings. The number of piperidine rings is 1. The summed E-state index contributed by atoms with van der Waals surface area (Å²) < 4.78 is 7.66. The number of aliphatic hydroxyl groups excluding tert-OH is 1. The fraction of sp³-hybridized carbons (Fsp3) is 0.474. The van der Waals surface area contributed by atoms with Gasteiger partial charge in [0, 0.05) is 32.0 Å². The molecule has 1 fully saturated rings. The molecule has 1 aromatic heterocycles. The molecule has 3 heterocycles. The Bertz CT molecular complexity index is 791. The van der Waals surface area contributed by atoms with Crippen LogP contribution in [0.15, 0.2) is 47.5 Å². The van der Waals surface area contributed by atoms with Gasteiger partial charge in [0.05, 0.1) is 12.1 Å². The number of benzene rings is 1. The van der Waals surface area contributed by atoms with Crippen LogP contribution in [0.5, 0.6) is 5.75 Å². The first kappa shape index (κ1) is 16.3. The third-order valence-electron chi connectivity index (χ3n) is 5.19. The summed E-state index contributed by atoms with van der Waals surface area (Å²) in [7, 11) is 0. The number of hydrogen-bond donors (Lipinski definition) is 1. The number of β-amino-alcohol motifs (C(OH)–C–C–N with tert-alkyl or cyclic N) is 1. The van der Waals surface area contributed by atoms with Gasteiger partial charge in [0.25, 0.3) is 0 Å². The van der Waals surface area contributed by atoms with Crippen LogP contribution in [0.2, 0.25) is 0 Å². The molecular weight excluding hydrogens is 318 g/mol. The highest BCUT2D eigenvalue weighted by molar-refractivity contribution is 5.35. The van der Waals surface area contributed by atoms with Gasteiger partial charge >= 0.3 is 5.69 Å². The van der Waals surface area contributed by atoms with Gasteiger partial charge in [0.2, 0.25) is 0 Å². The lowest BCUT2D eigenvalue weighted by Crippen LogP contribution is -2.49. The van der Waals surface area contributed by atoms with E-state index in [0.29, 0.717) is 6.54 Å². The Labute approximate surface area is 146 Å². The molecular formula is C19H23N3O3. The number of likely N-dealkylation sites (tertiary alicyclic amines) is 1. The Morgan fingerprint density at radius 3 is 2.96 bits per heavy atom. The lowest BCUT2D eigenvalue weighted by Gasteiger charge is -2.38. The van der Waals surface area contributed by atoms with Gasteiger partial charge in [-0.25, -0.2) is 9.78 Å². The van der Waals surface area contributed by atoms with Gasteiger partial charge in [-0.1, -0.05) is 18.2 Å². The minimum Gasteiger partial charge on any atom is -0.489 e. The number of aromatic nitrogens is 2. The first-order chi connectivity index (χ1) is 12.2. The summed E-state index contributed by atoms with van der Waals surface area (Å²) in [6, 6.07) is 9.72. The number of rotatable bonds is 3. The van der Waals surface area contributed by atoms with Crippen LogP contribution in [0.1, 0.15) is 24.4 Å². The van der Waals surface area contributed by atoms with Gasteiger partial charge in [-0.05, 0) is 37.0 Å². The minimum absolute atomic E-state index is 0.153. The molecule has 3 unspecified atom stereocenters. The van der Waals surface area contributed by atoms with Crippen molar-refractivity contribution in [3.05, 3.63) is 58.8 Å². The molecule has 0 radical (unpaired) electrons. The summed E-state index contributed by atoms with van der Waals surface area (Å²) in [6.07, 6.45) is 5.53. The lowest BCUT2D eigenvalue weighted by atomic mass is 9.99. The zero-order valence-electron chi connectivity index (χ0n) is 14.1. The quantitative estimate of drug-likeness (QED) is 0.910. The van der Waals surface area contributed by atoms with E-state index in [0.717, 1.165) is 38.1 Å². The topological polar surface area (TPSA) is 67.6 Å². The van der Waals surface area contributed by atoms with E-state index in [-0.39, 0.29) is 17.8 Å². The third-order valence-corrected chi connectivity index (χ3v) is 5.19. The van der Waals surface area contributed by atoms with Crippen LogP contribution in [-0.4, -0.2) is 51.4 Å². The fourth-order valence-electron chi connectivity index (χ4n) is 3.89. The van der Waals surface area contributed by atoms with Crippen LogP contribution in [-0.2, 0) is 6.42 Å². The van der Waals surface area contributed by atoms with Crippen molar-refractivity contribution in [2.24, 2.45) is 0 Å². The number of para-hydroxylation sites is 1. The maximum atomic E-state index is 11.9. The van der Waals surface area contributed by atoms with Gasteiger partial charge in [-0.2, -0.15) is 0 Å². The Hall–Kier alpha value is -2.18. The van der Waals surface area contributed by atoms with Crippen molar-refractivity contribution in [2.75, 3.05) is 19.6 Å². The summed E-state index contributed by atoms with van der Waals surface area (Å²) in [5.41, 5.74) is 0.973. The van der Waals surface area contributed by atoms with Crippen LogP contribution in [0.4, 0.5) is 0 Å². The highest BCUT2D eigenvalue weighted by Gasteiger charge is 2.31. The summed E-state index contributed by atoms with van der Waals surface area (Å²) >= 11 is 0. The van der Waals surface area contributed by atoms with E-state index in [9.17, 15) is 9.90 Å². The Kier molecular flexibility index (Phi) is 4.55. The standard InChI is InChI=1S/C19H23N3O3/c23-17-13-21(11-8-16(17)22-10-3-9-20-19(22)24)12-15-7-6-14-4-1-2-5-18(14)25-15/h1-5,9-10,15-17,23H,6-8,11-13H2. The van der Waals surface area contributed by atoms with Crippen molar-refractivity contribution in [3.63, 3.8) is 0 Å². The second-order valence-electron chi connectivity index (χ2n) is 6.88. The predicted octanol–water partition coefficient (Wildman–Crippen LogP) is 1.24. The average Bonchev–Trinajstić information content (AvgIpc) is 2.63. The van der Waals surface area contributed by atoms with Gasteiger partial charge in [0.1, 0.15) is 11.9 Å². The summed E-state index contributed by atoms with van der Waals surface area (Å²) in [4.78, 5) is 17.9. The lowest BCUT2D eigenvalue weighted by molar-refractivity contribution is 0.00750. The molecule has 0 amide bonds. The van der Waals surface area contributed by atoms with E-state index >= 15 is 0 Å². The maximum absolute atomic E-state index is 11.9. The third kappa shape index (κ3) is 3.45. The molecule has 3 atom stereocenters. The van der Waals surface area contributed by atoms with E-state index in [1.165, 1.54) is 11.8 Å². The van der Waals surface area contributed by atoms with E-state index in [1.807, 2.05) is 18.2 Å². The summed E-state index contributed by atoms with van der Waals surface area (Å²) in [6.45, 7) is 2.19. The predicted molar refractivity (Wildman–Crippen MR) is 93.8 cm³/mol. The molecule has 0 spiro atoms.